The quantitative estimate of drug-likeness (QED) is 0.764. The molecule has 0 aliphatic carbocycles. The predicted octanol–water partition coefficient (Wildman–Crippen LogP) is 3.00. The van der Waals surface area contributed by atoms with Crippen molar-refractivity contribution in [3.8, 4) is 0 Å². The van der Waals surface area contributed by atoms with Crippen molar-refractivity contribution in [2.75, 3.05) is 30.3 Å². The predicted molar refractivity (Wildman–Crippen MR) is 112 cm³/mol. The summed E-state index contributed by atoms with van der Waals surface area (Å²) >= 11 is 0. The highest BCUT2D eigenvalue weighted by Crippen LogP contribution is 2.20. The SMILES string of the molecule is C=Cc1cnc(N)c(C(=O)c2cccc(N3CCN[C@@H](CC(C)C)C3)n2)c1.[HH]. The minimum atomic E-state index is -0.223. The van der Waals surface area contributed by atoms with Gasteiger partial charge < -0.3 is 16.0 Å². The number of nitrogens with two attached hydrogens (primary N) is 1. The normalized spacial score (nSPS) is 17.1. The molecule has 27 heavy (non-hydrogen) atoms. The molecule has 1 saturated heterocycles. The summed E-state index contributed by atoms with van der Waals surface area (Å²) in [5.74, 6) is 1.44. The van der Waals surface area contributed by atoms with E-state index in [4.69, 9.17) is 5.73 Å². The zero-order chi connectivity index (χ0) is 19.4. The van der Waals surface area contributed by atoms with E-state index in [1.165, 1.54) is 0 Å². The number of nitrogen functional groups attached to an aromatic ring is 1. The average Bonchev–Trinajstić information content (AvgIpc) is 2.67. The van der Waals surface area contributed by atoms with Crippen LogP contribution in [0.5, 0.6) is 0 Å². The molecule has 2 aromatic heterocycles. The molecule has 1 atom stereocenters. The molecule has 1 fully saturated rings. The van der Waals surface area contributed by atoms with E-state index in [2.05, 4.69) is 40.6 Å². The molecule has 2 aromatic rings. The zero-order valence-electron chi connectivity index (χ0n) is 16.0. The number of rotatable bonds is 6. The lowest BCUT2D eigenvalue weighted by atomic mass is 10.0. The summed E-state index contributed by atoms with van der Waals surface area (Å²) in [5, 5.41) is 3.56. The van der Waals surface area contributed by atoms with Gasteiger partial charge in [0.05, 0.1) is 5.56 Å². The molecule has 0 bridgehead atoms. The lowest BCUT2D eigenvalue weighted by molar-refractivity contribution is 0.103. The molecule has 1 aliphatic rings. The molecule has 0 saturated carbocycles. The minimum absolute atomic E-state index is 0. The maximum atomic E-state index is 12.9. The summed E-state index contributed by atoms with van der Waals surface area (Å²) in [6, 6.07) is 7.69. The summed E-state index contributed by atoms with van der Waals surface area (Å²) in [6.45, 7) is 10.8. The first-order valence-corrected chi connectivity index (χ1v) is 9.36. The van der Waals surface area contributed by atoms with Crippen LogP contribution in [0.4, 0.5) is 11.6 Å². The summed E-state index contributed by atoms with van der Waals surface area (Å²) in [5.41, 5.74) is 7.40. The Labute approximate surface area is 162 Å². The van der Waals surface area contributed by atoms with Crippen molar-refractivity contribution >= 4 is 23.5 Å². The molecule has 3 rings (SSSR count). The monoisotopic (exact) mass is 367 g/mol. The second-order valence-corrected chi connectivity index (χ2v) is 7.34. The van der Waals surface area contributed by atoms with E-state index in [1.807, 2.05) is 12.1 Å². The third-order valence-electron chi connectivity index (χ3n) is 4.72. The molecule has 0 radical (unpaired) electrons. The Balaban J connectivity index is 0.00000280. The fourth-order valence-electron chi connectivity index (χ4n) is 3.41. The lowest BCUT2D eigenvalue weighted by Crippen LogP contribution is -2.51. The van der Waals surface area contributed by atoms with Crippen LogP contribution in [-0.2, 0) is 0 Å². The van der Waals surface area contributed by atoms with Crippen molar-refractivity contribution in [1.29, 1.82) is 0 Å². The van der Waals surface area contributed by atoms with Crippen molar-refractivity contribution in [3.63, 3.8) is 0 Å². The third kappa shape index (κ3) is 4.52. The first kappa shape index (κ1) is 19.0. The highest BCUT2D eigenvalue weighted by atomic mass is 16.1. The van der Waals surface area contributed by atoms with Crippen molar-refractivity contribution in [2.24, 2.45) is 5.92 Å². The van der Waals surface area contributed by atoms with Crippen LogP contribution in [-0.4, -0.2) is 41.4 Å². The van der Waals surface area contributed by atoms with Gasteiger partial charge in [0, 0.05) is 33.3 Å². The van der Waals surface area contributed by atoms with Gasteiger partial charge in [-0.2, -0.15) is 0 Å². The molecule has 144 valence electrons. The van der Waals surface area contributed by atoms with Gasteiger partial charge in [-0.05, 0) is 36.1 Å². The first-order chi connectivity index (χ1) is 13.0. The van der Waals surface area contributed by atoms with Crippen LogP contribution in [0.15, 0.2) is 37.0 Å². The molecular weight excluding hydrogens is 338 g/mol. The molecule has 0 aromatic carbocycles. The number of hydrogen-bond donors (Lipinski definition) is 2. The topological polar surface area (TPSA) is 84.1 Å². The molecule has 3 N–H and O–H groups in total. The lowest BCUT2D eigenvalue weighted by Gasteiger charge is -2.35. The van der Waals surface area contributed by atoms with Crippen molar-refractivity contribution < 1.29 is 6.22 Å². The highest BCUT2D eigenvalue weighted by Gasteiger charge is 2.22. The van der Waals surface area contributed by atoms with Crippen LogP contribution in [0.2, 0.25) is 0 Å². The molecule has 0 spiro atoms. The molecule has 6 heteroatoms. The van der Waals surface area contributed by atoms with E-state index in [0.717, 1.165) is 37.4 Å². The number of carbonyl (C=O) groups excluding carboxylic acids is 1. The summed E-state index contributed by atoms with van der Waals surface area (Å²) in [7, 11) is 0. The fraction of sp³-hybridized carbons (Fsp3) is 0.381. The molecule has 1 aliphatic heterocycles. The van der Waals surface area contributed by atoms with Crippen molar-refractivity contribution in [3.05, 3.63) is 53.9 Å². The van der Waals surface area contributed by atoms with Gasteiger partial charge in [-0.1, -0.05) is 32.6 Å². The van der Waals surface area contributed by atoms with Gasteiger partial charge in [0.2, 0.25) is 5.78 Å². The third-order valence-corrected chi connectivity index (χ3v) is 4.72. The number of piperazine rings is 1. The number of hydrogen-bond acceptors (Lipinski definition) is 6. The fourth-order valence-corrected chi connectivity index (χ4v) is 3.41. The maximum Gasteiger partial charge on any atom is 0.215 e. The largest absolute Gasteiger partial charge is 0.383 e. The number of nitrogens with zero attached hydrogens (tertiary/aromatic N) is 3. The van der Waals surface area contributed by atoms with Crippen LogP contribution in [0.1, 0.15) is 43.3 Å². The first-order valence-electron chi connectivity index (χ1n) is 9.36. The van der Waals surface area contributed by atoms with Crippen LogP contribution in [0.25, 0.3) is 6.08 Å². The van der Waals surface area contributed by atoms with Crippen LogP contribution >= 0.6 is 0 Å². The number of carbonyl (C=O) groups is 1. The smallest absolute Gasteiger partial charge is 0.215 e. The minimum Gasteiger partial charge on any atom is -0.383 e. The van der Waals surface area contributed by atoms with Gasteiger partial charge in [0.25, 0.3) is 0 Å². The van der Waals surface area contributed by atoms with E-state index < -0.39 is 0 Å². The van der Waals surface area contributed by atoms with Crippen LogP contribution < -0.4 is 16.0 Å². The number of anilines is 2. The molecular formula is C21H29N5O. The van der Waals surface area contributed by atoms with Gasteiger partial charge in [-0.3, -0.25) is 4.79 Å². The zero-order valence-corrected chi connectivity index (χ0v) is 16.0. The standard InChI is InChI=1S/C21H27N5O.H2/c1-4-15-11-17(21(22)24-12-15)20(27)18-6-5-7-19(25-18)26-9-8-23-16(13-26)10-14(2)3;/h4-7,11-12,14,16,23H,1,8-10,13H2,2-3H3,(H2,22,24);1H/t16-;/m0./s1. The molecule has 0 unspecified atom stereocenters. The second kappa shape index (κ2) is 8.31. The second-order valence-electron chi connectivity index (χ2n) is 7.34. The maximum absolute atomic E-state index is 12.9. The average molecular weight is 367 g/mol. The van der Waals surface area contributed by atoms with Gasteiger partial charge in [0.15, 0.2) is 0 Å². The van der Waals surface area contributed by atoms with Gasteiger partial charge >= 0.3 is 0 Å². The molecule has 6 nitrogen and oxygen atoms in total. The number of ketones is 1. The van der Waals surface area contributed by atoms with E-state index in [1.54, 1.807) is 24.4 Å². The Morgan fingerprint density at radius 2 is 2.33 bits per heavy atom. The summed E-state index contributed by atoms with van der Waals surface area (Å²) in [6.07, 6.45) is 4.35. The Hall–Kier alpha value is -2.73. The van der Waals surface area contributed by atoms with Gasteiger partial charge in [0.1, 0.15) is 17.3 Å². The van der Waals surface area contributed by atoms with Crippen molar-refractivity contribution in [1.82, 2.24) is 15.3 Å². The van der Waals surface area contributed by atoms with E-state index in [9.17, 15) is 4.79 Å². The van der Waals surface area contributed by atoms with E-state index in [-0.39, 0.29) is 13.0 Å². The Kier molecular flexibility index (Phi) is 5.86. The number of pyridine rings is 2. The number of aromatic nitrogens is 2. The van der Waals surface area contributed by atoms with E-state index >= 15 is 0 Å². The van der Waals surface area contributed by atoms with Gasteiger partial charge in [-0.25, -0.2) is 9.97 Å². The van der Waals surface area contributed by atoms with E-state index in [0.29, 0.717) is 23.2 Å². The molecule has 3 heterocycles. The Morgan fingerprint density at radius 1 is 1.52 bits per heavy atom. The Bertz CT molecular complexity index is 839. The molecule has 0 amide bonds. The summed E-state index contributed by atoms with van der Waals surface area (Å²) in [4.78, 5) is 23.9. The highest BCUT2D eigenvalue weighted by molar-refractivity contribution is 6.10. The van der Waals surface area contributed by atoms with Gasteiger partial charge in [-0.15, -0.1) is 0 Å². The van der Waals surface area contributed by atoms with Crippen LogP contribution in [0, 0.1) is 5.92 Å². The summed E-state index contributed by atoms with van der Waals surface area (Å²) < 4.78 is 0. The Morgan fingerprint density at radius 3 is 3.07 bits per heavy atom. The van der Waals surface area contributed by atoms with Crippen molar-refractivity contribution in [2.45, 2.75) is 26.3 Å². The van der Waals surface area contributed by atoms with Crippen LogP contribution in [0.3, 0.4) is 0 Å². The number of nitrogens with one attached hydrogen (secondary N) is 1.